The fraction of sp³-hybridized carbons (Fsp3) is 0.208. The molecule has 33 heavy (non-hydrogen) atoms. The van der Waals surface area contributed by atoms with Crippen molar-refractivity contribution >= 4 is 15.9 Å². The summed E-state index contributed by atoms with van der Waals surface area (Å²) in [6, 6.07) is 16.2. The summed E-state index contributed by atoms with van der Waals surface area (Å²) in [5, 5.41) is 2.73. The van der Waals surface area contributed by atoms with Crippen molar-refractivity contribution in [2.75, 3.05) is 13.2 Å². The molecule has 0 saturated heterocycles. The topological polar surface area (TPSA) is 84.5 Å². The molecule has 0 unspecified atom stereocenters. The largest absolute Gasteiger partial charge is 0.493 e. The van der Waals surface area contributed by atoms with Gasteiger partial charge in [0.1, 0.15) is 5.75 Å². The summed E-state index contributed by atoms with van der Waals surface area (Å²) in [4.78, 5) is 11.7. The second kappa shape index (κ2) is 9.68. The number of nitrogens with one attached hydrogen (secondary N) is 2. The Bertz CT molecular complexity index is 1280. The van der Waals surface area contributed by atoms with Crippen molar-refractivity contribution in [3.63, 3.8) is 0 Å². The van der Waals surface area contributed by atoms with Gasteiger partial charge in [-0.1, -0.05) is 30.3 Å². The first-order chi connectivity index (χ1) is 15.8. The van der Waals surface area contributed by atoms with Gasteiger partial charge in [-0.25, -0.2) is 21.9 Å². The Hall–Kier alpha value is -3.30. The molecule has 1 aliphatic heterocycles. The van der Waals surface area contributed by atoms with Gasteiger partial charge < -0.3 is 10.1 Å². The van der Waals surface area contributed by atoms with Gasteiger partial charge in [0.2, 0.25) is 15.9 Å². The third kappa shape index (κ3) is 5.55. The lowest BCUT2D eigenvalue weighted by atomic mass is 10.0. The van der Waals surface area contributed by atoms with Crippen molar-refractivity contribution < 1.29 is 26.7 Å². The first-order valence-corrected chi connectivity index (χ1v) is 11.9. The van der Waals surface area contributed by atoms with Crippen molar-refractivity contribution in [2.45, 2.75) is 24.3 Å². The normalized spacial score (nSPS) is 12.8. The van der Waals surface area contributed by atoms with Crippen molar-refractivity contribution in [1.82, 2.24) is 10.0 Å². The lowest BCUT2D eigenvalue weighted by Crippen LogP contribution is -2.30. The van der Waals surface area contributed by atoms with Crippen LogP contribution in [-0.4, -0.2) is 27.5 Å². The van der Waals surface area contributed by atoms with Crippen molar-refractivity contribution in [2.24, 2.45) is 0 Å². The van der Waals surface area contributed by atoms with Crippen LogP contribution in [0.3, 0.4) is 0 Å². The summed E-state index contributed by atoms with van der Waals surface area (Å²) in [6.07, 6.45) is 0.808. The second-order valence-corrected chi connectivity index (χ2v) is 9.39. The minimum Gasteiger partial charge on any atom is -0.493 e. The Labute approximate surface area is 190 Å². The third-order valence-corrected chi connectivity index (χ3v) is 6.77. The quantitative estimate of drug-likeness (QED) is 0.525. The number of ether oxygens (including phenoxy) is 1. The van der Waals surface area contributed by atoms with Crippen LogP contribution >= 0.6 is 0 Å². The molecule has 1 heterocycles. The van der Waals surface area contributed by atoms with E-state index in [1.54, 1.807) is 0 Å². The number of rotatable bonds is 8. The highest BCUT2D eigenvalue weighted by atomic mass is 32.2. The molecule has 0 fully saturated rings. The van der Waals surface area contributed by atoms with Crippen LogP contribution in [0.4, 0.5) is 8.78 Å². The predicted octanol–water partition coefficient (Wildman–Crippen LogP) is 3.55. The molecule has 6 nitrogen and oxygen atoms in total. The van der Waals surface area contributed by atoms with E-state index in [2.05, 4.69) is 16.1 Å². The average molecular weight is 473 g/mol. The van der Waals surface area contributed by atoms with E-state index in [-0.39, 0.29) is 18.9 Å². The van der Waals surface area contributed by atoms with Crippen molar-refractivity contribution in [3.05, 3.63) is 83.4 Å². The van der Waals surface area contributed by atoms with E-state index in [4.69, 9.17) is 4.74 Å². The summed E-state index contributed by atoms with van der Waals surface area (Å²) in [7, 11) is -4.04. The zero-order chi connectivity index (χ0) is 23.4. The number of hydrogen-bond acceptors (Lipinski definition) is 4. The van der Waals surface area contributed by atoms with E-state index >= 15 is 0 Å². The minimum absolute atomic E-state index is 0.0990. The standard InChI is InChI=1S/C24H22F2N2O4S/c25-21-7-6-20(14-22(21)26)33(30,31)28-11-9-24(29)27-15-16-1-3-17(4-2-16)18-5-8-23-19(13-18)10-12-32-23/h1-8,13-14,28H,9-12,15H2,(H,27,29). The van der Waals surface area contributed by atoms with E-state index in [0.717, 1.165) is 41.0 Å². The molecule has 0 radical (unpaired) electrons. The van der Waals surface area contributed by atoms with E-state index in [1.165, 1.54) is 5.56 Å². The molecular formula is C24H22F2N2O4S. The van der Waals surface area contributed by atoms with Crippen LogP contribution in [0.2, 0.25) is 0 Å². The van der Waals surface area contributed by atoms with Gasteiger partial charge >= 0.3 is 0 Å². The Morgan fingerprint density at radius 3 is 2.45 bits per heavy atom. The highest BCUT2D eigenvalue weighted by molar-refractivity contribution is 7.89. The number of benzene rings is 3. The SMILES string of the molecule is O=C(CCNS(=O)(=O)c1ccc(F)c(F)c1)NCc1ccc(-c2ccc3c(c2)CCO3)cc1. The molecule has 3 aromatic carbocycles. The molecule has 1 amide bonds. The fourth-order valence-corrected chi connectivity index (χ4v) is 4.54. The molecule has 0 aromatic heterocycles. The minimum atomic E-state index is -4.04. The van der Waals surface area contributed by atoms with Crippen molar-refractivity contribution in [3.8, 4) is 16.9 Å². The van der Waals surface area contributed by atoms with Crippen molar-refractivity contribution in [1.29, 1.82) is 0 Å². The van der Waals surface area contributed by atoms with Crippen LogP contribution in [0.25, 0.3) is 11.1 Å². The predicted molar refractivity (Wildman–Crippen MR) is 119 cm³/mol. The number of carbonyl (C=O) groups is 1. The first kappa shape index (κ1) is 22.9. The van der Waals surface area contributed by atoms with Crippen LogP contribution in [-0.2, 0) is 27.8 Å². The lowest BCUT2D eigenvalue weighted by molar-refractivity contribution is -0.121. The maximum Gasteiger partial charge on any atom is 0.240 e. The molecule has 3 aromatic rings. The molecule has 1 aliphatic rings. The molecule has 0 bridgehead atoms. The van der Waals surface area contributed by atoms with Gasteiger partial charge in [-0.15, -0.1) is 0 Å². The van der Waals surface area contributed by atoms with Crippen LogP contribution in [0.1, 0.15) is 17.5 Å². The number of carbonyl (C=O) groups excluding carboxylic acids is 1. The van der Waals surface area contributed by atoms with E-state index in [9.17, 15) is 22.0 Å². The molecule has 2 N–H and O–H groups in total. The molecule has 172 valence electrons. The molecule has 0 spiro atoms. The summed E-state index contributed by atoms with van der Waals surface area (Å²) in [6.45, 7) is 0.838. The maximum absolute atomic E-state index is 13.3. The van der Waals surface area contributed by atoms with E-state index < -0.39 is 26.6 Å². The van der Waals surface area contributed by atoms with Gasteiger partial charge in [0.15, 0.2) is 11.6 Å². The number of fused-ring (bicyclic) bond motifs is 1. The molecule has 9 heteroatoms. The summed E-state index contributed by atoms with van der Waals surface area (Å²) in [5.74, 6) is -1.80. The Balaban J connectivity index is 1.25. The Morgan fingerprint density at radius 2 is 1.70 bits per heavy atom. The number of sulfonamides is 1. The summed E-state index contributed by atoms with van der Waals surface area (Å²) >= 11 is 0. The Kier molecular flexibility index (Phi) is 6.71. The van der Waals surface area contributed by atoms with Crippen LogP contribution < -0.4 is 14.8 Å². The van der Waals surface area contributed by atoms with Gasteiger partial charge in [0.05, 0.1) is 11.5 Å². The zero-order valence-electron chi connectivity index (χ0n) is 17.6. The Morgan fingerprint density at radius 1 is 0.939 bits per heavy atom. The molecule has 0 aliphatic carbocycles. The van der Waals surface area contributed by atoms with E-state index in [1.807, 2.05) is 36.4 Å². The van der Waals surface area contributed by atoms with Gasteiger partial charge in [-0.3, -0.25) is 4.79 Å². The second-order valence-electron chi connectivity index (χ2n) is 7.62. The van der Waals surface area contributed by atoms with Gasteiger partial charge in [0, 0.05) is 25.9 Å². The first-order valence-electron chi connectivity index (χ1n) is 10.4. The molecule has 0 saturated carbocycles. The van der Waals surface area contributed by atoms with Crippen LogP contribution in [0, 0.1) is 11.6 Å². The highest BCUT2D eigenvalue weighted by Crippen LogP contribution is 2.30. The molecule has 0 atom stereocenters. The van der Waals surface area contributed by atoms with E-state index in [0.29, 0.717) is 19.2 Å². The monoisotopic (exact) mass is 472 g/mol. The maximum atomic E-state index is 13.3. The smallest absolute Gasteiger partial charge is 0.240 e. The van der Waals surface area contributed by atoms with Crippen LogP contribution in [0.15, 0.2) is 65.6 Å². The molecule has 4 rings (SSSR count). The number of amides is 1. The third-order valence-electron chi connectivity index (χ3n) is 5.31. The number of halogens is 2. The zero-order valence-corrected chi connectivity index (χ0v) is 18.4. The van der Waals surface area contributed by atoms with Crippen LogP contribution in [0.5, 0.6) is 5.75 Å². The molecular weight excluding hydrogens is 450 g/mol. The fourth-order valence-electron chi connectivity index (χ4n) is 3.50. The lowest BCUT2D eigenvalue weighted by Gasteiger charge is -2.09. The van der Waals surface area contributed by atoms with Gasteiger partial charge in [-0.2, -0.15) is 0 Å². The summed E-state index contributed by atoms with van der Waals surface area (Å²) in [5.41, 5.74) is 4.26. The number of hydrogen-bond donors (Lipinski definition) is 2. The highest BCUT2D eigenvalue weighted by Gasteiger charge is 2.17. The van der Waals surface area contributed by atoms with Gasteiger partial charge in [-0.05, 0) is 52.6 Å². The summed E-state index contributed by atoms with van der Waals surface area (Å²) < 4.78 is 58.2. The van der Waals surface area contributed by atoms with Gasteiger partial charge in [0.25, 0.3) is 0 Å². The average Bonchev–Trinajstić information content (AvgIpc) is 3.27.